The van der Waals surface area contributed by atoms with Crippen LogP contribution in [0.5, 0.6) is 0 Å². The summed E-state index contributed by atoms with van der Waals surface area (Å²) in [5, 5.41) is 3.68. The molecule has 0 amide bonds. The molecular formula is C18H36N2O. The van der Waals surface area contributed by atoms with E-state index in [9.17, 15) is 0 Å². The fraction of sp³-hybridized carbons (Fsp3) is 1.00. The highest BCUT2D eigenvalue weighted by molar-refractivity contribution is 4.90. The number of ether oxygens (including phenoxy) is 1. The van der Waals surface area contributed by atoms with Gasteiger partial charge in [0.15, 0.2) is 0 Å². The predicted molar refractivity (Wildman–Crippen MR) is 89.7 cm³/mol. The maximum absolute atomic E-state index is 5.63. The lowest BCUT2D eigenvalue weighted by Crippen LogP contribution is -2.50. The summed E-state index contributed by atoms with van der Waals surface area (Å²) in [6.07, 6.45) is 9.32. The van der Waals surface area contributed by atoms with Gasteiger partial charge in [0, 0.05) is 32.3 Å². The van der Waals surface area contributed by atoms with Crippen molar-refractivity contribution in [2.24, 2.45) is 11.3 Å². The van der Waals surface area contributed by atoms with Crippen molar-refractivity contribution in [2.75, 3.05) is 39.9 Å². The Bertz CT molecular complexity index is 289. The Kier molecular flexibility index (Phi) is 6.97. The molecule has 3 heteroatoms. The summed E-state index contributed by atoms with van der Waals surface area (Å²) in [7, 11) is 2.36. The Labute approximate surface area is 131 Å². The molecule has 1 N–H and O–H groups in total. The van der Waals surface area contributed by atoms with Gasteiger partial charge in [-0.05, 0) is 57.0 Å². The van der Waals surface area contributed by atoms with Crippen molar-refractivity contribution in [2.45, 2.75) is 64.8 Å². The Morgan fingerprint density at radius 3 is 2.57 bits per heavy atom. The Morgan fingerprint density at radius 1 is 1.19 bits per heavy atom. The normalized spacial score (nSPS) is 29.7. The molecule has 21 heavy (non-hydrogen) atoms. The van der Waals surface area contributed by atoms with E-state index in [1.807, 2.05) is 0 Å². The molecule has 2 atom stereocenters. The first-order valence-electron chi connectivity index (χ1n) is 9.15. The molecule has 1 saturated heterocycles. The maximum Gasteiger partial charge on any atom is 0.0472 e. The Morgan fingerprint density at radius 2 is 1.90 bits per heavy atom. The molecular weight excluding hydrogens is 260 g/mol. The second-order valence-corrected chi connectivity index (χ2v) is 7.53. The molecule has 0 spiro atoms. The van der Waals surface area contributed by atoms with Crippen LogP contribution in [0.3, 0.4) is 0 Å². The van der Waals surface area contributed by atoms with Crippen LogP contribution in [0.15, 0.2) is 0 Å². The number of hydrogen-bond donors (Lipinski definition) is 1. The highest BCUT2D eigenvalue weighted by Gasteiger charge is 2.36. The summed E-state index contributed by atoms with van der Waals surface area (Å²) in [5.41, 5.74) is 0.430. The summed E-state index contributed by atoms with van der Waals surface area (Å²) >= 11 is 0. The topological polar surface area (TPSA) is 24.5 Å². The predicted octanol–water partition coefficient (Wildman–Crippen LogP) is 3.29. The van der Waals surface area contributed by atoms with Crippen LogP contribution < -0.4 is 5.32 Å². The molecule has 124 valence electrons. The van der Waals surface area contributed by atoms with Gasteiger partial charge in [0.2, 0.25) is 0 Å². The minimum atomic E-state index is 0.430. The third kappa shape index (κ3) is 4.94. The number of nitrogens with one attached hydrogen (secondary N) is 1. The van der Waals surface area contributed by atoms with Crippen molar-refractivity contribution in [3.05, 3.63) is 0 Å². The quantitative estimate of drug-likeness (QED) is 0.730. The van der Waals surface area contributed by atoms with Crippen LogP contribution >= 0.6 is 0 Å². The first kappa shape index (κ1) is 17.2. The van der Waals surface area contributed by atoms with Gasteiger partial charge in [0.1, 0.15) is 0 Å². The van der Waals surface area contributed by atoms with Crippen LogP contribution in [0, 0.1) is 11.3 Å². The van der Waals surface area contributed by atoms with E-state index in [1.165, 1.54) is 51.5 Å². The van der Waals surface area contributed by atoms with Crippen molar-refractivity contribution in [3.8, 4) is 0 Å². The van der Waals surface area contributed by atoms with Crippen molar-refractivity contribution in [3.63, 3.8) is 0 Å². The Balaban J connectivity index is 1.93. The lowest BCUT2D eigenvalue weighted by atomic mass is 9.77. The van der Waals surface area contributed by atoms with E-state index in [0.717, 1.165) is 38.3 Å². The molecule has 2 aliphatic rings. The van der Waals surface area contributed by atoms with E-state index in [0.29, 0.717) is 5.41 Å². The zero-order chi connectivity index (χ0) is 15.1. The van der Waals surface area contributed by atoms with E-state index in [-0.39, 0.29) is 0 Å². The van der Waals surface area contributed by atoms with Gasteiger partial charge in [-0.15, -0.1) is 0 Å². The molecule has 0 bridgehead atoms. The summed E-state index contributed by atoms with van der Waals surface area (Å²) in [6, 6.07) is 0.796. The van der Waals surface area contributed by atoms with Crippen LogP contribution in [0.25, 0.3) is 0 Å². The average Bonchev–Trinajstić information content (AvgIpc) is 2.49. The molecule has 1 saturated carbocycles. The number of hydrogen-bond acceptors (Lipinski definition) is 3. The molecule has 1 heterocycles. The summed E-state index contributed by atoms with van der Waals surface area (Å²) in [6.45, 7) is 10.1. The molecule has 0 radical (unpaired) electrons. The fourth-order valence-electron chi connectivity index (χ4n) is 4.32. The zero-order valence-corrected chi connectivity index (χ0v) is 14.5. The smallest absolute Gasteiger partial charge is 0.0472 e. The third-order valence-electron chi connectivity index (χ3n) is 5.70. The second-order valence-electron chi connectivity index (χ2n) is 7.53. The van der Waals surface area contributed by atoms with Crippen LogP contribution in [0.2, 0.25) is 0 Å². The highest BCUT2D eigenvalue weighted by atomic mass is 16.5. The van der Waals surface area contributed by atoms with Gasteiger partial charge in [0.25, 0.3) is 0 Å². The first-order valence-corrected chi connectivity index (χ1v) is 9.15. The zero-order valence-electron chi connectivity index (χ0n) is 14.5. The molecule has 3 nitrogen and oxygen atoms in total. The average molecular weight is 296 g/mol. The van der Waals surface area contributed by atoms with Gasteiger partial charge in [-0.2, -0.15) is 0 Å². The van der Waals surface area contributed by atoms with E-state index < -0.39 is 0 Å². The molecule has 1 aliphatic carbocycles. The SMILES string of the molecule is CCCNCC1(CN(C)C2CCCCC2C)CCOCC1. The van der Waals surface area contributed by atoms with Crippen molar-refractivity contribution in [1.82, 2.24) is 10.2 Å². The minimum Gasteiger partial charge on any atom is -0.381 e. The summed E-state index contributed by atoms with van der Waals surface area (Å²) in [4.78, 5) is 2.68. The molecule has 2 unspecified atom stereocenters. The molecule has 1 aliphatic heterocycles. The van der Waals surface area contributed by atoms with Crippen LogP contribution in [0.1, 0.15) is 58.8 Å². The minimum absolute atomic E-state index is 0.430. The molecule has 2 fully saturated rings. The van der Waals surface area contributed by atoms with E-state index in [4.69, 9.17) is 4.74 Å². The third-order valence-corrected chi connectivity index (χ3v) is 5.70. The van der Waals surface area contributed by atoms with E-state index >= 15 is 0 Å². The lowest BCUT2D eigenvalue weighted by Gasteiger charge is -2.44. The fourth-order valence-corrected chi connectivity index (χ4v) is 4.32. The van der Waals surface area contributed by atoms with Crippen molar-refractivity contribution in [1.29, 1.82) is 0 Å². The van der Waals surface area contributed by atoms with Gasteiger partial charge in [-0.25, -0.2) is 0 Å². The van der Waals surface area contributed by atoms with Crippen LogP contribution in [0.4, 0.5) is 0 Å². The number of nitrogens with zero attached hydrogens (tertiary/aromatic N) is 1. The van der Waals surface area contributed by atoms with E-state index in [2.05, 4.69) is 31.1 Å². The Hall–Kier alpha value is -0.120. The molecule has 0 aromatic heterocycles. The molecule has 0 aromatic rings. The standard InChI is InChI=1S/C18H36N2O/c1-4-11-19-14-18(9-12-21-13-10-18)15-20(3)17-8-6-5-7-16(17)2/h16-17,19H,4-15H2,1-3H3. The molecule has 2 rings (SSSR count). The lowest BCUT2D eigenvalue weighted by molar-refractivity contribution is -0.0139. The molecule has 0 aromatic carbocycles. The van der Waals surface area contributed by atoms with Crippen molar-refractivity contribution < 1.29 is 4.74 Å². The van der Waals surface area contributed by atoms with Crippen molar-refractivity contribution >= 4 is 0 Å². The van der Waals surface area contributed by atoms with Gasteiger partial charge in [-0.1, -0.05) is 26.7 Å². The largest absolute Gasteiger partial charge is 0.381 e. The van der Waals surface area contributed by atoms with Gasteiger partial charge in [0.05, 0.1) is 0 Å². The summed E-state index contributed by atoms with van der Waals surface area (Å²) < 4.78 is 5.63. The second kappa shape index (κ2) is 8.50. The number of rotatable bonds is 7. The first-order chi connectivity index (χ1) is 10.2. The highest BCUT2D eigenvalue weighted by Crippen LogP contribution is 2.34. The van der Waals surface area contributed by atoms with Crippen LogP contribution in [-0.4, -0.2) is 50.8 Å². The van der Waals surface area contributed by atoms with Gasteiger partial charge < -0.3 is 15.0 Å². The maximum atomic E-state index is 5.63. The summed E-state index contributed by atoms with van der Waals surface area (Å²) in [5.74, 6) is 0.865. The monoisotopic (exact) mass is 296 g/mol. The van der Waals surface area contributed by atoms with Crippen LogP contribution in [-0.2, 0) is 4.74 Å². The van der Waals surface area contributed by atoms with Gasteiger partial charge >= 0.3 is 0 Å². The van der Waals surface area contributed by atoms with Gasteiger partial charge in [-0.3, -0.25) is 0 Å². The van der Waals surface area contributed by atoms with E-state index in [1.54, 1.807) is 0 Å².